The monoisotopic (exact) mass is 407 g/mol. The predicted octanol–water partition coefficient (Wildman–Crippen LogP) is 6.71. The molecule has 0 aliphatic heterocycles. The lowest BCUT2D eigenvalue weighted by atomic mass is 10.1. The van der Waals surface area contributed by atoms with Crippen molar-refractivity contribution < 1.29 is 10.2 Å². The van der Waals surface area contributed by atoms with Crippen LogP contribution < -0.4 is 5.73 Å². The number of phenolic OH excluding ortho intramolecular Hbond substituents is 2. The van der Waals surface area contributed by atoms with Gasteiger partial charge in [-0.2, -0.15) is 0 Å². The van der Waals surface area contributed by atoms with Crippen molar-refractivity contribution in [2.24, 2.45) is 0 Å². The number of anilines is 1. The summed E-state index contributed by atoms with van der Waals surface area (Å²) in [4.78, 5) is 0. The number of phenols is 2. The summed E-state index contributed by atoms with van der Waals surface area (Å²) in [5, 5.41) is 18.6. The number of benzene rings is 4. The maximum absolute atomic E-state index is 9.28. The van der Waals surface area contributed by atoms with Gasteiger partial charge in [-0.1, -0.05) is 103 Å². The minimum atomic E-state index is 0.122. The van der Waals surface area contributed by atoms with E-state index in [1.807, 2.05) is 103 Å². The first-order valence-electron chi connectivity index (χ1n) is 9.94. The Hall–Kier alpha value is -4.24. The van der Waals surface area contributed by atoms with Gasteiger partial charge in [0.1, 0.15) is 11.5 Å². The van der Waals surface area contributed by atoms with Crippen molar-refractivity contribution >= 4 is 30.0 Å². The summed E-state index contributed by atoms with van der Waals surface area (Å²) < 4.78 is 0. The third-order valence-electron chi connectivity index (χ3n) is 4.46. The highest BCUT2D eigenvalue weighted by Gasteiger charge is 1.95. The van der Waals surface area contributed by atoms with Gasteiger partial charge in [0, 0.05) is 0 Å². The first-order chi connectivity index (χ1) is 15.1. The summed E-state index contributed by atoms with van der Waals surface area (Å²) in [6.07, 6.45) is 7.97. The summed E-state index contributed by atoms with van der Waals surface area (Å²) in [5.74, 6) is 0.419. The third kappa shape index (κ3) is 7.26. The minimum Gasteiger partial charge on any atom is -0.508 e. The van der Waals surface area contributed by atoms with Crippen molar-refractivity contribution in [3.8, 4) is 11.5 Å². The molecule has 154 valence electrons. The molecule has 0 atom stereocenters. The summed E-state index contributed by atoms with van der Waals surface area (Å²) in [5.41, 5.74) is 10.3. The first kappa shape index (κ1) is 21.5. The van der Waals surface area contributed by atoms with Crippen molar-refractivity contribution in [1.82, 2.24) is 0 Å². The molecule has 0 aliphatic carbocycles. The van der Waals surface area contributed by atoms with E-state index in [2.05, 4.69) is 0 Å². The van der Waals surface area contributed by atoms with Gasteiger partial charge in [0.15, 0.2) is 0 Å². The smallest absolute Gasteiger partial charge is 0.138 e. The molecule has 0 unspecified atom stereocenters. The van der Waals surface area contributed by atoms with Gasteiger partial charge in [0.2, 0.25) is 0 Å². The van der Waals surface area contributed by atoms with E-state index in [1.165, 1.54) is 0 Å². The average molecular weight is 408 g/mol. The normalized spacial score (nSPS) is 10.7. The number of nitrogens with two attached hydrogens (primary N) is 1. The van der Waals surface area contributed by atoms with E-state index >= 15 is 0 Å². The summed E-state index contributed by atoms with van der Waals surface area (Å²) in [6.45, 7) is 0. The van der Waals surface area contributed by atoms with Crippen LogP contribution in [0, 0.1) is 0 Å². The van der Waals surface area contributed by atoms with Gasteiger partial charge < -0.3 is 15.9 Å². The number of hydrogen-bond acceptors (Lipinski definition) is 3. The molecule has 3 nitrogen and oxygen atoms in total. The van der Waals surface area contributed by atoms with E-state index in [0.29, 0.717) is 11.4 Å². The first-order valence-corrected chi connectivity index (χ1v) is 9.94. The molecule has 0 aliphatic rings. The summed E-state index contributed by atoms with van der Waals surface area (Å²) >= 11 is 0. The molecule has 31 heavy (non-hydrogen) atoms. The second-order valence-corrected chi connectivity index (χ2v) is 6.90. The van der Waals surface area contributed by atoms with Crippen LogP contribution in [0.4, 0.5) is 5.69 Å². The number of nitrogen functional groups attached to an aromatic ring is 1. The molecular weight excluding hydrogens is 382 g/mol. The zero-order valence-electron chi connectivity index (χ0n) is 17.1. The minimum absolute atomic E-state index is 0.122. The SMILES string of the molecule is Nc1cc(C=Cc2ccccc2)ccc1O.Oc1cccc(C=Cc2ccccc2)c1. The van der Waals surface area contributed by atoms with E-state index in [1.54, 1.807) is 24.3 Å². The molecule has 0 aromatic heterocycles. The van der Waals surface area contributed by atoms with Crippen LogP contribution in [-0.4, -0.2) is 10.2 Å². The number of rotatable bonds is 4. The molecule has 0 amide bonds. The van der Waals surface area contributed by atoms with Crippen molar-refractivity contribution in [3.63, 3.8) is 0 Å². The fourth-order valence-corrected chi connectivity index (χ4v) is 2.82. The third-order valence-corrected chi connectivity index (χ3v) is 4.46. The molecule has 4 N–H and O–H groups in total. The second-order valence-electron chi connectivity index (χ2n) is 6.90. The van der Waals surface area contributed by atoms with Gasteiger partial charge in [-0.25, -0.2) is 0 Å². The van der Waals surface area contributed by atoms with Gasteiger partial charge in [0.05, 0.1) is 5.69 Å². The summed E-state index contributed by atoms with van der Waals surface area (Å²) in [6, 6.07) is 32.5. The van der Waals surface area contributed by atoms with E-state index < -0.39 is 0 Å². The van der Waals surface area contributed by atoms with Crippen LogP contribution in [-0.2, 0) is 0 Å². The topological polar surface area (TPSA) is 66.5 Å². The van der Waals surface area contributed by atoms with Gasteiger partial charge in [-0.05, 0) is 46.5 Å². The molecule has 0 spiro atoms. The Kier molecular flexibility index (Phi) is 7.67. The zero-order chi connectivity index (χ0) is 21.9. The maximum Gasteiger partial charge on any atom is 0.138 e. The molecule has 0 bridgehead atoms. The molecular formula is C28H25NO2. The van der Waals surface area contributed by atoms with Crippen LogP contribution in [0.15, 0.2) is 103 Å². The van der Waals surface area contributed by atoms with Crippen molar-refractivity contribution in [3.05, 3.63) is 125 Å². The lowest BCUT2D eigenvalue weighted by Gasteiger charge is -1.99. The molecule has 4 aromatic carbocycles. The van der Waals surface area contributed by atoms with Gasteiger partial charge in [-0.15, -0.1) is 0 Å². The fraction of sp³-hybridized carbons (Fsp3) is 0. The lowest BCUT2D eigenvalue weighted by Crippen LogP contribution is -1.85. The van der Waals surface area contributed by atoms with Gasteiger partial charge >= 0.3 is 0 Å². The number of aromatic hydroxyl groups is 2. The fourth-order valence-electron chi connectivity index (χ4n) is 2.82. The van der Waals surface area contributed by atoms with Crippen LogP contribution in [0.5, 0.6) is 11.5 Å². The lowest BCUT2D eigenvalue weighted by molar-refractivity contribution is 0.475. The van der Waals surface area contributed by atoms with E-state index in [4.69, 9.17) is 5.73 Å². The summed E-state index contributed by atoms with van der Waals surface area (Å²) in [7, 11) is 0. The zero-order valence-corrected chi connectivity index (χ0v) is 17.1. The highest BCUT2D eigenvalue weighted by molar-refractivity contribution is 5.72. The van der Waals surface area contributed by atoms with Crippen LogP contribution >= 0.6 is 0 Å². The van der Waals surface area contributed by atoms with Crippen LogP contribution in [0.2, 0.25) is 0 Å². The van der Waals surface area contributed by atoms with E-state index in [9.17, 15) is 10.2 Å². The Morgan fingerprint density at radius 2 is 0.968 bits per heavy atom. The Morgan fingerprint density at radius 1 is 0.484 bits per heavy atom. The van der Waals surface area contributed by atoms with Crippen LogP contribution in [0.1, 0.15) is 22.3 Å². The van der Waals surface area contributed by atoms with Crippen molar-refractivity contribution in [1.29, 1.82) is 0 Å². The Balaban J connectivity index is 0.000000176. The van der Waals surface area contributed by atoms with E-state index in [0.717, 1.165) is 22.3 Å². The standard InChI is InChI=1S/C14H13NO.C14H12O/c15-13-10-12(8-9-14(13)16)7-6-11-4-2-1-3-5-11;15-14-8-4-7-13(11-14)10-9-12-5-2-1-3-6-12/h1-10,16H,15H2;1-11,15H. The van der Waals surface area contributed by atoms with Crippen molar-refractivity contribution in [2.45, 2.75) is 0 Å². The molecule has 4 aromatic rings. The van der Waals surface area contributed by atoms with Crippen molar-refractivity contribution in [2.75, 3.05) is 5.73 Å². The quantitative estimate of drug-likeness (QED) is 0.200. The predicted molar refractivity (Wildman–Crippen MR) is 131 cm³/mol. The molecule has 0 heterocycles. The molecule has 0 saturated heterocycles. The van der Waals surface area contributed by atoms with Crippen LogP contribution in [0.3, 0.4) is 0 Å². The van der Waals surface area contributed by atoms with Gasteiger partial charge in [-0.3, -0.25) is 0 Å². The van der Waals surface area contributed by atoms with Gasteiger partial charge in [0.25, 0.3) is 0 Å². The van der Waals surface area contributed by atoms with Crippen LogP contribution in [0.25, 0.3) is 24.3 Å². The Bertz CT molecular complexity index is 1150. The largest absolute Gasteiger partial charge is 0.508 e. The molecule has 0 radical (unpaired) electrons. The Labute approximate surface area is 183 Å². The average Bonchev–Trinajstić information content (AvgIpc) is 2.80. The highest BCUT2D eigenvalue weighted by atomic mass is 16.3. The maximum atomic E-state index is 9.28. The molecule has 0 saturated carbocycles. The van der Waals surface area contributed by atoms with E-state index in [-0.39, 0.29) is 5.75 Å². The second kappa shape index (κ2) is 11.1. The molecule has 3 heteroatoms. The Morgan fingerprint density at radius 3 is 1.48 bits per heavy atom. The molecule has 0 fully saturated rings. The molecule has 4 rings (SSSR count). The highest BCUT2D eigenvalue weighted by Crippen LogP contribution is 2.21. The number of hydrogen-bond donors (Lipinski definition) is 3.